The van der Waals surface area contributed by atoms with Gasteiger partial charge in [-0.15, -0.1) is 0 Å². The van der Waals surface area contributed by atoms with E-state index in [1.807, 2.05) is 56.3 Å². The summed E-state index contributed by atoms with van der Waals surface area (Å²) in [5.41, 5.74) is 2.03. The third kappa shape index (κ3) is 5.87. The second kappa shape index (κ2) is 10.1. The standard InChI is InChI=1S/C27H36N2O4/c1-18(2)32-21-10-11-26-22(15-21)24(16-27(33-26)12-7-13-27)28-17-25(31)23(29-19(3)30)14-20-8-5-4-6-9-20/h4-6,8-11,15,18,23-25,28,31H,7,12-14,16-17H2,1-3H3,(H,29,30)/t23-,24-,25+/m0/s1. The van der Waals surface area contributed by atoms with Crippen LogP contribution in [0.3, 0.4) is 0 Å². The second-order valence-corrected chi connectivity index (χ2v) is 9.73. The van der Waals surface area contributed by atoms with E-state index >= 15 is 0 Å². The first-order chi connectivity index (χ1) is 15.8. The number of amides is 1. The Morgan fingerprint density at radius 1 is 1.21 bits per heavy atom. The van der Waals surface area contributed by atoms with E-state index in [0.29, 0.717) is 13.0 Å². The van der Waals surface area contributed by atoms with Gasteiger partial charge in [0.2, 0.25) is 5.91 Å². The van der Waals surface area contributed by atoms with E-state index in [1.54, 1.807) is 0 Å². The number of nitrogens with one attached hydrogen (secondary N) is 2. The van der Waals surface area contributed by atoms with Crippen molar-refractivity contribution in [3.63, 3.8) is 0 Å². The topological polar surface area (TPSA) is 79.8 Å². The number of aliphatic hydroxyl groups is 1. The summed E-state index contributed by atoms with van der Waals surface area (Å²) in [6.45, 7) is 5.89. The van der Waals surface area contributed by atoms with Crippen LogP contribution in [0.4, 0.5) is 0 Å². The van der Waals surface area contributed by atoms with E-state index in [-0.39, 0.29) is 29.7 Å². The second-order valence-electron chi connectivity index (χ2n) is 9.73. The summed E-state index contributed by atoms with van der Waals surface area (Å²) in [4.78, 5) is 11.8. The van der Waals surface area contributed by atoms with Gasteiger partial charge in [-0.05, 0) is 63.3 Å². The first-order valence-electron chi connectivity index (χ1n) is 12.1. The van der Waals surface area contributed by atoms with Gasteiger partial charge in [0, 0.05) is 31.5 Å². The van der Waals surface area contributed by atoms with Crippen LogP contribution in [0, 0.1) is 0 Å². The molecule has 178 valence electrons. The van der Waals surface area contributed by atoms with Crippen molar-refractivity contribution in [2.75, 3.05) is 6.54 Å². The maximum absolute atomic E-state index is 11.8. The summed E-state index contributed by atoms with van der Waals surface area (Å²) >= 11 is 0. The molecule has 1 heterocycles. The Balaban J connectivity index is 1.48. The zero-order valence-electron chi connectivity index (χ0n) is 19.8. The number of aliphatic hydroxyl groups excluding tert-OH is 1. The number of ether oxygens (including phenoxy) is 2. The van der Waals surface area contributed by atoms with E-state index in [4.69, 9.17) is 9.47 Å². The Kier molecular flexibility index (Phi) is 7.25. The van der Waals surface area contributed by atoms with Crippen LogP contribution < -0.4 is 20.1 Å². The molecule has 3 atom stereocenters. The molecule has 0 saturated heterocycles. The van der Waals surface area contributed by atoms with Crippen LogP contribution in [0.15, 0.2) is 48.5 Å². The number of hydrogen-bond donors (Lipinski definition) is 3. The minimum atomic E-state index is -0.729. The molecule has 1 fully saturated rings. The third-order valence-electron chi connectivity index (χ3n) is 6.62. The number of benzene rings is 2. The molecule has 6 heteroatoms. The number of hydrogen-bond acceptors (Lipinski definition) is 5. The average molecular weight is 453 g/mol. The molecule has 4 rings (SSSR count). The Morgan fingerprint density at radius 3 is 2.61 bits per heavy atom. The smallest absolute Gasteiger partial charge is 0.217 e. The Labute approximate surface area is 196 Å². The highest BCUT2D eigenvalue weighted by atomic mass is 16.5. The molecule has 3 N–H and O–H groups in total. The summed E-state index contributed by atoms with van der Waals surface area (Å²) < 4.78 is 12.3. The van der Waals surface area contributed by atoms with Gasteiger partial charge in [0.25, 0.3) is 0 Å². The van der Waals surface area contributed by atoms with Crippen molar-refractivity contribution in [2.45, 2.75) is 82.8 Å². The van der Waals surface area contributed by atoms with Crippen molar-refractivity contribution in [2.24, 2.45) is 0 Å². The van der Waals surface area contributed by atoms with Gasteiger partial charge in [-0.2, -0.15) is 0 Å². The van der Waals surface area contributed by atoms with E-state index in [2.05, 4.69) is 16.7 Å². The van der Waals surface area contributed by atoms with Gasteiger partial charge in [-0.1, -0.05) is 30.3 Å². The summed E-state index contributed by atoms with van der Waals surface area (Å²) in [6.07, 6.45) is 4.09. The molecular formula is C27H36N2O4. The highest BCUT2D eigenvalue weighted by Gasteiger charge is 2.45. The van der Waals surface area contributed by atoms with Crippen LogP contribution in [0.1, 0.15) is 63.6 Å². The maximum Gasteiger partial charge on any atom is 0.217 e. The minimum absolute atomic E-state index is 0.0501. The highest BCUT2D eigenvalue weighted by molar-refractivity contribution is 5.73. The lowest BCUT2D eigenvalue weighted by molar-refractivity contribution is -0.120. The molecule has 1 aliphatic heterocycles. The molecule has 1 aliphatic carbocycles. The monoisotopic (exact) mass is 452 g/mol. The summed E-state index contributed by atoms with van der Waals surface area (Å²) in [7, 11) is 0. The van der Waals surface area contributed by atoms with Gasteiger partial charge in [-0.25, -0.2) is 0 Å². The van der Waals surface area contributed by atoms with E-state index in [0.717, 1.165) is 41.9 Å². The number of fused-ring (bicyclic) bond motifs is 1. The Hall–Kier alpha value is -2.57. The molecule has 33 heavy (non-hydrogen) atoms. The lowest BCUT2D eigenvalue weighted by atomic mass is 9.73. The van der Waals surface area contributed by atoms with Gasteiger partial charge in [0.1, 0.15) is 17.1 Å². The summed E-state index contributed by atoms with van der Waals surface area (Å²) in [5, 5.41) is 17.6. The summed E-state index contributed by atoms with van der Waals surface area (Å²) in [6, 6.07) is 15.6. The van der Waals surface area contributed by atoms with Gasteiger partial charge in [0.15, 0.2) is 0 Å². The Bertz CT molecular complexity index is 942. The van der Waals surface area contributed by atoms with Crippen LogP contribution >= 0.6 is 0 Å². The molecule has 2 aromatic rings. The zero-order valence-corrected chi connectivity index (χ0v) is 19.8. The fourth-order valence-electron chi connectivity index (χ4n) is 4.87. The van der Waals surface area contributed by atoms with Crippen molar-refractivity contribution in [3.8, 4) is 11.5 Å². The van der Waals surface area contributed by atoms with Crippen LogP contribution in [0.2, 0.25) is 0 Å². The molecule has 0 bridgehead atoms. The molecule has 0 aromatic heterocycles. The number of carbonyl (C=O) groups is 1. The lowest BCUT2D eigenvalue weighted by Gasteiger charge is -2.48. The first-order valence-corrected chi connectivity index (χ1v) is 12.1. The van der Waals surface area contributed by atoms with Crippen molar-refractivity contribution in [1.29, 1.82) is 0 Å². The van der Waals surface area contributed by atoms with Crippen LogP contribution in [-0.2, 0) is 11.2 Å². The SMILES string of the molecule is CC(=O)N[C@@H](Cc1ccccc1)[C@H](O)CN[C@H]1CC2(CCC2)Oc2ccc(OC(C)C)cc21. The van der Waals surface area contributed by atoms with E-state index in [1.165, 1.54) is 13.3 Å². The van der Waals surface area contributed by atoms with Crippen molar-refractivity contribution < 1.29 is 19.4 Å². The van der Waals surface area contributed by atoms with E-state index < -0.39 is 6.10 Å². The molecule has 1 amide bonds. The van der Waals surface area contributed by atoms with Crippen LogP contribution in [0.25, 0.3) is 0 Å². The zero-order chi connectivity index (χ0) is 23.4. The highest BCUT2D eigenvalue weighted by Crippen LogP contribution is 2.49. The largest absolute Gasteiger partial charge is 0.491 e. The molecule has 2 aromatic carbocycles. The van der Waals surface area contributed by atoms with Gasteiger partial charge in [-0.3, -0.25) is 4.79 Å². The average Bonchev–Trinajstić information content (AvgIpc) is 2.75. The van der Waals surface area contributed by atoms with Crippen molar-refractivity contribution in [1.82, 2.24) is 10.6 Å². The van der Waals surface area contributed by atoms with Gasteiger partial charge >= 0.3 is 0 Å². The fraction of sp³-hybridized carbons (Fsp3) is 0.519. The molecular weight excluding hydrogens is 416 g/mol. The summed E-state index contributed by atoms with van der Waals surface area (Å²) in [5.74, 6) is 1.58. The number of rotatable bonds is 9. The van der Waals surface area contributed by atoms with Gasteiger partial charge in [0.05, 0.1) is 18.2 Å². The molecule has 2 aliphatic rings. The lowest BCUT2D eigenvalue weighted by Crippen LogP contribution is -2.52. The predicted octanol–water partition coefficient (Wildman–Crippen LogP) is 3.92. The normalized spacial score (nSPS) is 20.3. The van der Waals surface area contributed by atoms with Gasteiger partial charge < -0.3 is 25.2 Å². The van der Waals surface area contributed by atoms with Crippen molar-refractivity contribution >= 4 is 5.91 Å². The molecule has 1 spiro atoms. The van der Waals surface area contributed by atoms with Crippen LogP contribution in [-0.4, -0.2) is 41.4 Å². The van der Waals surface area contributed by atoms with E-state index in [9.17, 15) is 9.90 Å². The van der Waals surface area contributed by atoms with Crippen molar-refractivity contribution in [3.05, 3.63) is 59.7 Å². The minimum Gasteiger partial charge on any atom is -0.491 e. The molecule has 1 saturated carbocycles. The molecule has 0 unspecified atom stereocenters. The quantitative estimate of drug-likeness (QED) is 0.537. The fourth-order valence-corrected chi connectivity index (χ4v) is 4.87. The molecule has 0 radical (unpaired) electrons. The first kappa shape index (κ1) is 23.6. The van der Waals surface area contributed by atoms with Crippen LogP contribution in [0.5, 0.6) is 11.5 Å². The number of carbonyl (C=O) groups excluding carboxylic acids is 1. The maximum atomic E-state index is 11.8. The predicted molar refractivity (Wildman–Crippen MR) is 129 cm³/mol. The molecule has 6 nitrogen and oxygen atoms in total. The third-order valence-corrected chi connectivity index (χ3v) is 6.62. The Morgan fingerprint density at radius 2 is 1.97 bits per heavy atom.